The average Bonchev–Trinajstić information content (AvgIpc) is 2.56. The van der Waals surface area contributed by atoms with Crippen LogP contribution in [0.2, 0.25) is 0 Å². The molecule has 0 saturated carbocycles. The zero-order valence-corrected chi connectivity index (χ0v) is 12.9. The molecule has 114 valence electrons. The largest absolute Gasteiger partial charge is 0.370 e. The molecule has 22 heavy (non-hydrogen) atoms. The number of hydrogen-bond donors (Lipinski definition) is 1. The Morgan fingerprint density at radius 1 is 1.05 bits per heavy atom. The van der Waals surface area contributed by atoms with Crippen LogP contribution in [0.25, 0.3) is 0 Å². The fourth-order valence-corrected chi connectivity index (χ4v) is 2.85. The van der Waals surface area contributed by atoms with Crippen molar-refractivity contribution < 1.29 is 4.79 Å². The summed E-state index contributed by atoms with van der Waals surface area (Å²) in [4.78, 5) is 19.0. The number of carbonyl (C=O) groups is 1. The van der Waals surface area contributed by atoms with E-state index in [0.29, 0.717) is 5.69 Å². The molecule has 1 N–H and O–H groups in total. The molecular formula is C18H21N3O. The molecule has 1 aliphatic rings. The number of aromatic nitrogens is 1. The van der Waals surface area contributed by atoms with Crippen molar-refractivity contribution in [3.8, 4) is 0 Å². The van der Waals surface area contributed by atoms with Crippen molar-refractivity contribution in [2.45, 2.75) is 26.2 Å². The number of nitrogens with zero attached hydrogens (tertiary/aromatic N) is 2. The Balaban J connectivity index is 1.81. The first-order valence-electron chi connectivity index (χ1n) is 7.83. The molecule has 4 heteroatoms. The fourth-order valence-electron chi connectivity index (χ4n) is 2.85. The monoisotopic (exact) mass is 295 g/mol. The number of piperidine rings is 1. The number of rotatable bonds is 3. The maximum absolute atomic E-state index is 12.4. The highest BCUT2D eigenvalue weighted by Crippen LogP contribution is 2.28. The van der Waals surface area contributed by atoms with Crippen LogP contribution < -0.4 is 10.2 Å². The molecule has 4 nitrogen and oxygen atoms in total. The summed E-state index contributed by atoms with van der Waals surface area (Å²) >= 11 is 0. The average molecular weight is 295 g/mol. The van der Waals surface area contributed by atoms with Gasteiger partial charge in [-0.2, -0.15) is 0 Å². The minimum atomic E-state index is -0.159. The van der Waals surface area contributed by atoms with Gasteiger partial charge in [-0.3, -0.25) is 4.79 Å². The van der Waals surface area contributed by atoms with Crippen molar-refractivity contribution in [2.75, 3.05) is 23.3 Å². The minimum absolute atomic E-state index is 0.159. The number of pyridine rings is 1. The van der Waals surface area contributed by atoms with Gasteiger partial charge in [0.25, 0.3) is 5.91 Å². The van der Waals surface area contributed by atoms with Crippen LogP contribution >= 0.6 is 0 Å². The number of carbonyl (C=O) groups excluding carboxylic acids is 1. The van der Waals surface area contributed by atoms with E-state index in [1.54, 1.807) is 6.07 Å². The van der Waals surface area contributed by atoms with Crippen molar-refractivity contribution in [1.82, 2.24) is 4.98 Å². The normalized spacial score (nSPS) is 14.7. The summed E-state index contributed by atoms with van der Waals surface area (Å²) in [7, 11) is 0. The number of amides is 1. The molecule has 1 aromatic heterocycles. The van der Waals surface area contributed by atoms with Gasteiger partial charge in [0, 0.05) is 18.8 Å². The van der Waals surface area contributed by atoms with E-state index in [1.165, 1.54) is 19.3 Å². The zero-order chi connectivity index (χ0) is 15.4. The second-order valence-electron chi connectivity index (χ2n) is 5.68. The van der Waals surface area contributed by atoms with Gasteiger partial charge < -0.3 is 10.2 Å². The van der Waals surface area contributed by atoms with E-state index >= 15 is 0 Å². The molecule has 0 atom stereocenters. The Morgan fingerprint density at radius 3 is 2.59 bits per heavy atom. The summed E-state index contributed by atoms with van der Waals surface area (Å²) in [6.07, 6.45) is 3.71. The SMILES string of the molecule is Cc1cccc(C(=O)Nc2ccccc2N2CCCCC2)n1. The van der Waals surface area contributed by atoms with Crippen LogP contribution in [0.5, 0.6) is 0 Å². The van der Waals surface area contributed by atoms with Crippen molar-refractivity contribution in [1.29, 1.82) is 0 Å². The number of hydrogen-bond acceptors (Lipinski definition) is 3. The van der Waals surface area contributed by atoms with Crippen molar-refractivity contribution in [2.24, 2.45) is 0 Å². The van der Waals surface area contributed by atoms with Gasteiger partial charge in [-0.15, -0.1) is 0 Å². The summed E-state index contributed by atoms with van der Waals surface area (Å²) in [5, 5.41) is 3.01. The molecule has 0 bridgehead atoms. The van der Waals surface area contributed by atoms with Gasteiger partial charge in [0.1, 0.15) is 5.69 Å². The van der Waals surface area contributed by atoms with Crippen LogP contribution in [0.3, 0.4) is 0 Å². The molecule has 1 fully saturated rings. The molecule has 1 amide bonds. The molecule has 0 spiro atoms. The molecule has 0 aliphatic carbocycles. The first-order valence-corrected chi connectivity index (χ1v) is 7.83. The zero-order valence-electron chi connectivity index (χ0n) is 12.9. The molecule has 3 rings (SSSR count). The van der Waals surface area contributed by atoms with E-state index in [-0.39, 0.29) is 5.91 Å². The van der Waals surface area contributed by atoms with Crippen molar-refractivity contribution >= 4 is 17.3 Å². The summed E-state index contributed by atoms with van der Waals surface area (Å²) in [6, 6.07) is 13.5. The highest BCUT2D eigenvalue weighted by atomic mass is 16.1. The lowest BCUT2D eigenvalue weighted by Crippen LogP contribution is -2.30. The second kappa shape index (κ2) is 6.60. The Kier molecular flexibility index (Phi) is 4.37. The molecular weight excluding hydrogens is 274 g/mol. The molecule has 2 aromatic rings. The minimum Gasteiger partial charge on any atom is -0.370 e. The Labute approximate surface area is 131 Å². The lowest BCUT2D eigenvalue weighted by Gasteiger charge is -2.30. The van der Waals surface area contributed by atoms with Crippen LogP contribution in [-0.4, -0.2) is 24.0 Å². The van der Waals surface area contributed by atoms with Gasteiger partial charge in [0.15, 0.2) is 0 Å². The van der Waals surface area contributed by atoms with E-state index in [0.717, 1.165) is 30.2 Å². The predicted molar refractivity (Wildman–Crippen MR) is 89.4 cm³/mol. The number of nitrogens with one attached hydrogen (secondary N) is 1. The number of benzene rings is 1. The third-order valence-corrected chi connectivity index (χ3v) is 3.97. The number of anilines is 2. The van der Waals surface area contributed by atoms with Gasteiger partial charge in [-0.25, -0.2) is 4.98 Å². The van der Waals surface area contributed by atoms with Crippen molar-refractivity contribution in [3.63, 3.8) is 0 Å². The predicted octanol–water partition coefficient (Wildman–Crippen LogP) is 3.63. The summed E-state index contributed by atoms with van der Waals surface area (Å²) in [5.74, 6) is -0.159. The first kappa shape index (κ1) is 14.6. The number of aryl methyl sites for hydroxylation is 1. The van der Waals surface area contributed by atoms with E-state index in [1.807, 2.05) is 37.3 Å². The van der Waals surface area contributed by atoms with Gasteiger partial charge >= 0.3 is 0 Å². The Bertz CT molecular complexity index is 663. The molecule has 1 aromatic carbocycles. The molecule has 1 saturated heterocycles. The standard InChI is InChI=1S/C18H21N3O/c1-14-8-7-10-16(19-14)18(22)20-15-9-3-4-11-17(15)21-12-5-2-6-13-21/h3-4,7-11H,2,5-6,12-13H2,1H3,(H,20,22). The summed E-state index contributed by atoms with van der Waals surface area (Å²) in [5.41, 5.74) is 3.26. The van der Waals surface area contributed by atoms with Crippen LogP contribution in [0, 0.1) is 6.92 Å². The number of para-hydroxylation sites is 2. The van der Waals surface area contributed by atoms with Crippen LogP contribution in [-0.2, 0) is 0 Å². The lowest BCUT2D eigenvalue weighted by atomic mass is 10.1. The third kappa shape index (κ3) is 3.27. The van der Waals surface area contributed by atoms with Gasteiger partial charge in [-0.1, -0.05) is 18.2 Å². The van der Waals surface area contributed by atoms with E-state index < -0.39 is 0 Å². The summed E-state index contributed by atoms with van der Waals surface area (Å²) < 4.78 is 0. The smallest absolute Gasteiger partial charge is 0.274 e. The molecule has 0 radical (unpaired) electrons. The molecule has 0 unspecified atom stereocenters. The van der Waals surface area contributed by atoms with Gasteiger partial charge in [-0.05, 0) is 50.5 Å². The van der Waals surface area contributed by atoms with E-state index in [2.05, 4.69) is 21.3 Å². The highest BCUT2D eigenvalue weighted by molar-refractivity contribution is 6.04. The quantitative estimate of drug-likeness (QED) is 0.940. The van der Waals surface area contributed by atoms with Crippen LogP contribution in [0.4, 0.5) is 11.4 Å². The van der Waals surface area contributed by atoms with E-state index in [9.17, 15) is 4.79 Å². The first-order chi connectivity index (χ1) is 10.7. The van der Waals surface area contributed by atoms with E-state index in [4.69, 9.17) is 0 Å². The summed E-state index contributed by atoms with van der Waals surface area (Å²) in [6.45, 7) is 3.99. The van der Waals surface area contributed by atoms with Gasteiger partial charge in [0.05, 0.1) is 11.4 Å². The second-order valence-corrected chi connectivity index (χ2v) is 5.68. The maximum atomic E-state index is 12.4. The Hall–Kier alpha value is -2.36. The van der Waals surface area contributed by atoms with Crippen molar-refractivity contribution in [3.05, 3.63) is 53.9 Å². The topological polar surface area (TPSA) is 45.2 Å². The lowest BCUT2D eigenvalue weighted by molar-refractivity contribution is 0.102. The Morgan fingerprint density at radius 2 is 1.82 bits per heavy atom. The molecule has 1 aliphatic heterocycles. The van der Waals surface area contributed by atoms with Crippen LogP contribution in [0.1, 0.15) is 35.4 Å². The fraction of sp³-hybridized carbons (Fsp3) is 0.333. The highest BCUT2D eigenvalue weighted by Gasteiger charge is 2.16. The third-order valence-electron chi connectivity index (χ3n) is 3.97. The van der Waals surface area contributed by atoms with Gasteiger partial charge in [0.2, 0.25) is 0 Å². The maximum Gasteiger partial charge on any atom is 0.274 e. The molecule has 2 heterocycles. The van der Waals surface area contributed by atoms with Crippen LogP contribution in [0.15, 0.2) is 42.5 Å².